The smallest absolute Gasteiger partial charge is 0.274 e. The van der Waals surface area contributed by atoms with Gasteiger partial charge in [0.05, 0.1) is 35.6 Å². The first-order chi connectivity index (χ1) is 16.2. The van der Waals surface area contributed by atoms with Crippen molar-refractivity contribution in [2.24, 2.45) is 0 Å². The maximum atomic E-state index is 13.5. The van der Waals surface area contributed by atoms with Gasteiger partial charge in [0.2, 0.25) is 0 Å². The van der Waals surface area contributed by atoms with Crippen molar-refractivity contribution in [3.05, 3.63) is 58.4 Å². The van der Waals surface area contributed by atoms with E-state index < -0.39 is 23.7 Å². The molecule has 2 aliphatic carbocycles. The predicted octanol–water partition coefficient (Wildman–Crippen LogP) is 3.64. The van der Waals surface area contributed by atoms with E-state index in [1.807, 2.05) is 24.4 Å². The average Bonchev–Trinajstić information content (AvgIpc) is 3.08. The van der Waals surface area contributed by atoms with Gasteiger partial charge in [-0.3, -0.25) is 9.59 Å². The van der Waals surface area contributed by atoms with Gasteiger partial charge in [0, 0.05) is 36.5 Å². The second kappa shape index (κ2) is 7.15. The van der Waals surface area contributed by atoms with E-state index in [-0.39, 0.29) is 28.4 Å². The molecule has 2 aliphatic heterocycles. The minimum Gasteiger partial charge on any atom is -0.490 e. The summed E-state index contributed by atoms with van der Waals surface area (Å²) in [6, 6.07) is 4.45. The van der Waals surface area contributed by atoms with Gasteiger partial charge in [0.15, 0.2) is 0 Å². The number of ether oxygens (including phenoxy) is 2. The number of nitrogens with zero attached hydrogens (tertiary/aromatic N) is 3. The number of fused-ring (bicyclic) bond motifs is 2. The molecule has 4 fully saturated rings. The molecule has 0 aromatic carbocycles. The van der Waals surface area contributed by atoms with Crippen LogP contribution in [-0.4, -0.2) is 44.3 Å². The van der Waals surface area contributed by atoms with Gasteiger partial charge in [-0.2, -0.15) is 0 Å². The first-order valence-corrected chi connectivity index (χ1v) is 11.7. The number of carbonyl (C=O) groups is 1. The summed E-state index contributed by atoms with van der Waals surface area (Å²) in [5, 5.41) is 2.70. The topological polar surface area (TPSA) is 86.9 Å². The number of anilines is 1. The van der Waals surface area contributed by atoms with Crippen LogP contribution >= 0.6 is 0 Å². The van der Waals surface area contributed by atoms with Gasteiger partial charge >= 0.3 is 0 Å². The summed E-state index contributed by atoms with van der Waals surface area (Å²) in [5.41, 5.74) is 1.46. The molecule has 2 saturated carbocycles. The van der Waals surface area contributed by atoms with E-state index >= 15 is 0 Å². The molecule has 3 aromatic heterocycles. The first-order valence-electron chi connectivity index (χ1n) is 11.7. The SMILES string of the molecule is CC(C)Oc1cc2nc(C34COC(C)(C3)C4)cn2cc1C(=O)Nc1cccn([C@@H]2C[C@H]2F)c1=O. The van der Waals surface area contributed by atoms with Gasteiger partial charge in [-0.1, -0.05) is 0 Å². The van der Waals surface area contributed by atoms with E-state index in [1.165, 1.54) is 10.6 Å². The molecular formula is C25H27FN4O4. The summed E-state index contributed by atoms with van der Waals surface area (Å²) >= 11 is 0. The highest BCUT2D eigenvalue weighted by Crippen LogP contribution is 2.58. The lowest BCUT2D eigenvalue weighted by Crippen LogP contribution is -2.45. The van der Waals surface area contributed by atoms with Crippen molar-refractivity contribution < 1.29 is 18.7 Å². The van der Waals surface area contributed by atoms with Crippen LogP contribution in [0.5, 0.6) is 5.75 Å². The Labute approximate surface area is 195 Å². The lowest BCUT2D eigenvalue weighted by molar-refractivity contribution is 0.0154. The maximum Gasteiger partial charge on any atom is 0.274 e. The summed E-state index contributed by atoms with van der Waals surface area (Å²) in [7, 11) is 0. The number of alkyl halides is 1. The minimum atomic E-state index is -1.02. The number of rotatable bonds is 6. The molecule has 0 radical (unpaired) electrons. The third-order valence-corrected chi connectivity index (χ3v) is 7.09. The van der Waals surface area contributed by atoms with Crippen molar-refractivity contribution in [1.29, 1.82) is 0 Å². The Morgan fingerprint density at radius 1 is 1.35 bits per heavy atom. The highest BCUT2D eigenvalue weighted by atomic mass is 19.1. The highest BCUT2D eigenvalue weighted by Gasteiger charge is 2.61. The van der Waals surface area contributed by atoms with Crippen LogP contribution < -0.4 is 15.6 Å². The number of imidazole rings is 1. The van der Waals surface area contributed by atoms with E-state index in [0.717, 1.165) is 18.5 Å². The van der Waals surface area contributed by atoms with E-state index in [2.05, 4.69) is 12.2 Å². The van der Waals surface area contributed by atoms with E-state index in [1.54, 1.807) is 24.5 Å². The average molecular weight is 467 g/mol. The largest absolute Gasteiger partial charge is 0.490 e. The summed E-state index contributed by atoms with van der Waals surface area (Å²) in [6.07, 6.45) is 6.18. The van der Waals surface area contributed by atoms with E-state index in [9.17, 15) is 14.0 Å². The quantitative estimate of drug-likeness (QED) is 0.600. The number of hydrogen-bond donors (Lipinski definition) is 1. The van der Waals surface area contributed by atoms with Gasteiger partial charge in [0.1, 0.15) is 23.3 Å². The Morgan fingerprint density at radius 2 is 2.12 bits per heavy atom. The molecule has 8 nitrogen and oxygen atoms in total. The summed E-state index contributed by atoms with van der Waals surface area (Å²) in [5.74, 6) is -0.0909. The lowest BCUT2D eigenvalue weighted by atomic mass is 9.62. The van der Waals surface area contributed by atoms with Crippen molar-refractivity contribution in [3.63, 3.8) is 0 Å². The second-order valence-corrected chi connectivity index (χ2v) is 10.4. The molecule has 5 heterocycles. The van der Waals surface area contributed by atoms with Crippen molar-refractivity contribution in [3.8, 4) is 5.75 Å². The standard InChI is InChI=1S/C25H27FN4O4/c1-14(2)34-19-8-21-28-20(25-11-24(3,12-25)33-13-25)10-29(21)9-15(19)22(31)27-17-5-4-6-30(23(17)32)18-7-16(18)26/h4-6,8-10,14,16,18H,7,11-13H2,1-3H3,(H,27,31)/t16-,18-,24?,25?/m1/s1. The molecule has 2 saturated heterocycles. The van der Waals surface area contributed by atoms with Crippen LogP contribution in [0, 0.1) is 0 Å². The molecule has 1 N–H and O–H groups in total. The minimum absolute atomic E-state index is 0.0576. The maximum absolute atomic E-state index is 13.5. The molecule has 2 atom stereocenters. The Balaban J connectivity index is 1.35. The Bertz CT molecular complexity index is 1370. The van der Waals surface area contributed by atoms with Gasteiger partial charge in [0.25, 0.3) is 11.5 Å². The molecule has 1 amide bonds. The molecule has 9 heteroatoms. The summed E-state index contributed by atoms with van der Waals surface area (Å²) in [6.45, 7) is 6.54. The van der Waals surface area contributed by atoms with Gasteiger partial charge in [-0.25, -0.2) is 9.37 Å². The third-order valence-electron chi connectivity index (χ3n) is 7.09. The van der Waals surface area contributed by atoms with Gasteiger partial charge in [-0.15, -0.1) is 0 Å². The van der Waals surface area contributed by atoms with Crippen molar-refractivity contribution >= 4 is 17.2 Å². The fraction of sp³-hybridized carbons (Fsp3) is 0.480. The van der Waals surface area contributed by atoms with Crippen LogP contribution in [0.15, 0.2) is 41.6 Å². The Morgan fingerprint density at radius 3 is 2.76 bits per heavy atom. The number of nitrogens with one attached hydrogen (secondary N) is 1. The molecular weight excluding hydrogens is 439 g/mol. The predicted molar refractivity (Wildman–Crippen MR) is 123 cm³/mol. The number of amides is 1. The number of halogens is 1. The number of pyridine rings is 2. The zero-order chi connectivity index (χ0) is 23.8. The summed E-state index contributed by atoms with van der Waals surface area (Å²) in [4.78, 5) is 30.9. The van der Waals surface area contributed by atoms with Gasteiger partial charge < -0.3 is 23.8 Å². The molecule has 178 valence electrons. The molecule has 3 aromatic rings. The second-order valence-electron chi connectivity index (χ2n) is 10.4. The first kappa shape index (κ1) is 21.3. The monoisotopic (exact) mass is 466 g/mol. The zero-order valence-electron chi connectivity index (χ0n) is 19.4. The number of aromatic nitrogens is 3. The molecule has 4 aliphatic rings. The fourth-order valence-corrected chi connectivity index (χ4v) is 5.44. The van der Waals surface area contributed by atoms with Crippen LogP contribution in [-0.2, 0) is 10.2 Å². The van der Waals surface area contributed by atoms with Gasteiger partial charge in [-0.05, 0) is 45.7 Å². The molecule has 0 unspecified atom stereocenters. The van der Waals surface area contributed by atoms with Crippen LogP contribution in [0.1, 0.15) is 62.1 Å². The molecule has 7 rings (SSSR count). The lowest BCUT2D eigenvalue weighted by Gasteiger charge is -2.41. The molecule has 2 bridgehead atoms. The van der Waals surface area contributed by atoms with Crippen molar-refractivity contribution in [1.82, 2.24) is 14.0 Å². The Kier molecular flexibility index (Phi) is 4.49. The highest BCUT2D eigenvalue weighted by molar-refractivity contribution is 6.06. The Hall–Kier alpha value is -3.20. The number of carbonyl (C=O) groups excluding carboxylic acids is 1. The van der Waals surface area contributed by atoms with Crippen molar-refractivity contribution in [2.75, 3.05) is 11.9 Å². The molecule has 34 heavy (non-hydrogen) atoms. The normalized spacial score (nSPS) is 29.3. The van der Waals surface area contributed by atoms with E-state index in [0.29, 0.717) is 24.4 Å². The van der Waals surface area contributed by atoms with E-state index in [4.69, 9.17) is 14.5 Å². The fourth-order valence-electron chi connectivity index (χ4n) is 5.44. The number of hydrogen-bond acceptors (Lipinski definition) is 5. The van der Waals surface area contributed by atoms with Crippen LogP contribution in [0.25, 0.3) is 5.65 Å². The van der Waals surface area contributed by atoms with Crippen LogP contribution in [0.4, 0.5) is 10.1 Å². The summed E-state index contributed by atoms with van der Waals surface area (Å²) < 4.78 is 28.5. The van der Waals surface area contributed by atoms with Crippen molar-refractivity contribution in [2.45, 2.75) is 69.4 Å². The third kappa shape index (κ3) is 3.33. The van der Waals surface area contributed by atoms with Crippen LogP contribution in [0.2, 0.25) is 0 Å². The molecule has 0 spiro atoms. The van der Waals surface area contributed by atoms with Crippen LogP contribution in [0.3, 0.4) is 0 Å². The zero-order valence-corrected chi connectivity index (χ0v) is 19.4.